The van der Waals surface area contributed by atoms with Crippen molar-refractivity contribution in [1.82, 2.24) is 0 Å². The Hall–Kier alpha value is -0.630. The van der Waals surface area contributed by atoms with Crippen LogP contribution in [0.25, 0.3) is 0 Å². The zero-order valence-electron chi connectivity index (χ0n) is 8.93. The molecule has 0 aromatic carbocycles. The van der Waals surface area contributed by atoms with Crippen LogP contribution in [-0.4, -0.2) is 26.0 Å². The van der Waals surface area contributed by atoms with Crippen LogP contribution in [0.4, 0.5) is 0 Å². The second-order valence-electron chi connectivity index (χ2n) is 3.89. The lowest BCUT2D eigenvalue weighted by molar-refractivity contribution is -0.226. The van der Waals surface area contributed by atoms with Crippen molar-refractivity contribution in [1.29, 1.82) is 5.26 Å². The fraction of sp³-hybridized carbons (Fsp3) is 0.900. The maximum Gasteiger partial charge on any atom is 0.173 e. The summed E-state index contributed by atoms with van der Waals surface area (Å²) in [6, 6.07) is 2.24. The molecule has 2 N–H and O–H groups in total. The summed E-state index contributed by atoms with van der Waals surface area (Å²) in [4.78, 5) is 0. The lowest BCUT2D eigenvalue weighted by Gasteiger charge is -2.41. The first-order valence-corrected chi connectivity index (χ1v) is 4.93. The molecule has 0 aliphatic carbocycles. The molecule has 0 saturated carbocycles. The Morgan fingerprint density at radius 2 is 2.07 bits per heavy atom. The highest BCUT2D eigenvalue weighted by molar-refractivity contribution is 4.96. The van der Waals surface area contributed by atoms with E-state index in [2.05, 4.69) is 19.9 Å². The van der Waals surface area contributed by atoms with Gasteiger partial charge < -0.3 is 15.2 Å². The van der Waals surface area contributed by atoms with Crippen LogP contribution in [0.1, 0.15) is 13.8 Å². The van der Waals surface area contributed by atoms with E-state index in [1.54, 1.807) is 7.11 Å². The molecule has 1 saturated heterocycles. The van der Waals surface area contributed by atoms with Gasteiger partial charge in [0, 0.05) is 13.7 Å². The molecule has 0 aromatic rings. The number of methoxy groups -OCH3 is 1. The zero-order chi connectivity index (χ0) is 10.7. The highest BCUT2D eigenvalue weighted by Gasteiger charge is 2.41. The van der Waals surface area contributed by atoms with Crippen LogP contribution in [0, 0.1) is 29.1 Å². The Morgan fingerprint density at radius 1 is 1.43 bits per heavy atom. The van der Waals surface area contributed by atoms with Crippen LogP contribution in [0.3, 0.4) is 0 Å². The first-order chi connectivity index (χ1) is 6.65. The SMILES string of the molecule is COC1OC(CN)C(C)C(C)C1C#N. The van der Waals surface area contributed by atoms with E-state index in [0.29, 0.717) is 12.5 Å². The second kappa shape index (κ2) is 4.74. The van der Waals surface area contributed by atoms with Gasteiger partial charge in [-0.05, 0) is 11.8 Å². The summed E-state index contributed by atoms with van der Waals surface area (Å²) >= 11 is 0. The van der Waals surface area contributed by atoms with Crippen LogP contribution in [0.15, 0.2) is 0 Å². The molecule has 0 spiro atoms. The minimum absolute atomic E-state index is 0.000417. The van der Waals surface area contributed by atoms with Crippen molar-refractivity contribution in [2.75, 3.05) is 13.7 Å². The minimum Gasteiger partial charge on any atom is -0.354 e. The van der Waals surface area contributed by atoms with E-state index in [9.17, 15) is 0 Å². The molecule has 0 bridgehead atoms. The highest BCUT2D eigenvalue weighted by Crippen LogP contribution is 2.34. The van der Waals surface area contributed by atoms with Crippen LogP contribution in [-0.2, 0) is 9.47 Å². The summed E-state index contributed by atoms with van der Waals surface area (Å²) in [5, 5.41) is 9.00. The number of nitrogens with two attached hydrogens (primary N) is 1. The van der Waals surface area contributed by atoms with Gasteiger partial charge in [-0.2, -0.15) is 5.26 Å². The maximum absolute atomic E-state index is 9.00. The molecule has 0 aromatic heterocycles. The van der Waals surface area contributed by atoms with E-state index >= 15 is 0 Å². The Bertz CT molecular complexity index is 225. The molecule has 5 unspecified atom stereocenters. The molecule has 4 nitrogen and oxygen atoms in total. The number of ether oxygens (including phenoxy) is 2. The predicted octanol–water partition coefficient (Wildman–Crippen LogP) is 0.728. The summed E-state index contributed by atoms with van der Waals surface area (Å²) in [5.41, 5.74) is 5.60. The molecule has 5 atom stereocenters. The van der Waals surface area contributed by atoms with E-state index in [0.717, 1.165) is 0 Å². The van der Waals surface area contributed by atoms with Crippen molar-refractivity contribution < 1.29 is 9.47 Å². The molecule has 1 fully saturated rings. The van der Waals surface area contributed by atoms with Crippen LogP contribution >= 0.6 is 0 Å². The summed E-state index contributed by atoms with van der Waals surface area (Å²) in [5.74, 6) is 0.362. The van der Waals surface area contributed by atoms with Gasteiger partial charge in [0.05, 0.1) is 12.2 Å². The van der Waals surface area contributed by atoms with Crippen molar-refractivity contribution >= 4 is 0 Å². The first kappa shape index (κ1) is 11.4. The van der Waals surface area contributed by atoms with Gasteiger partial charge in [0.2, 0.25) is 0 Å². The van der Waals surface area contributed by atoms with Crippen molar-refractivity contribution in [3.05, 3.63) is 0 Å². The van der Waals surface area contributed by atoms with Gasteiger partial charge in [-0.15, -0.1) is 0 Å². The van der Waals surface area contributed by atoms with E-state index < -0.39 is 6.29 Å². The van der Waals surface area contributed by atoms with Gasteiger partial charge in [0.1, 0.15) is 5.92 Å². The van der Waals surface area contributed by atoms with Crippen molar-refractivity contribution in [3.63, 3.8) is 0 Å². The first-order valence-electron chi connectivity index (χ1n) is 4.93. The van der Waals surface area contributed by atoms with E-state index in [1.165, 1.54) is 0 Å². The maximum atomic E-state index is 9.00. The Labute approximate surface area is 85.0 Å². The van der Waals surface area contributed by atoms with Crippen molar-refractivity contribution in [3.8, 4) is 6.07 Å². The van der Waals surface area contributed by atoms with Crippen LogP contribution in [0.5, 0.6) is 0 Å². The number of hydrogen-bond donors (Lipinski definition) is 1. The number of nitriles is 1. The zero-order valence-corrected chi connectivity index (χ0v) is 8.93. The standard InChI is InChI=1S/C10H18N2O2/c1-6-7(2)9(5-12)14-10(13-3)8(6)4-11/h6-10H,5,12H2,1-3H3. The molecule has 0 radical (unpaired) electrons. The molecular formula is C10H18N2O2. The molecule has 1 heterocycles. The smallest absolute Gasteiger partial charge is 0.173 e. The Balaban J connectivity index is 2.78. The number of rotatable bonds is 2. The van der Waals surface area contributed by atoms with Crippen LogP contribution < -0.4 is 5.73 Å². The molecule has 1 rings (SSSR count). The molecule has 4 heteroatoms. The summed E-state index contributed by atoms with van der Waals surface area (Å²) in [6.07, 6.45) is -0.431. The monoisotopic (exact) mass is 198 g/mol. The normalized spacial score (nSPS) is 43.2. The van der Waals surface area contributed by atoms with Gasteiger partial charge in [0.25, 0.3) is 0 Å². The van der Waals surface area contributed by atoms with Gasteiger partial charge in [-0.25, -0.2) is 0 Å². The van der Waals surface area contributed by atoms with Gasteiger partial charge in [-0.1, -0.05) is 13.8 Å². The average molecular weight is 198 g/mol. The second-order valence-corrected chi connectivity index (χ2v) is 3.89. The Kier molecular flexibility index (Phi) is 3.87. The number of nitrogens with zero attached hydrogens (tertiary/aromatic N) is 1. The predicted molar refractivity (Wildman–Crippen MR) is 52.2 cm³/mol. The minimum atomic E-state index is -0.431. The number of hydrogen-bond acceptors (Lipinski definition) is 4. The lowest BCUT2D eigenvalue weighted by Crippen LogP contribution is -2.48. The third-order valence-electron chi connectivity index (χ3n) is 3.20. The molecular weight excluding hydrogens is 180 g/mol. The van der Waals surface area contributed by atoms with Crippen LogP contribution in [0.2, 0.25) is 0 Å². The van der Waals surface area contributed by atoms with Crippen molar-refractivity contribution in [2.45, 2.75) is 26.2 Å². The van der Waals surface area contributed by atoms with E-state index in [-0.39, 0.29) is 17.9 Å². The molecule has 80 valence electrons. The molecule has 14 heavy (non-hydrogen) atoms. The van der Waals surface area contributed by atoms with Crippen molar-refractivity contribution in [2.24, 2.45) is 23.5 Å². The van der Waals surface area contributed by atoms with Gasteiger partial charge in [0.15, 0.2) is 6.29 Å². The fourth-order valence-electron chi connectivity index (χ4n) is 1.95. The van der Waals surface area contributed by atoms with E-state index in [1.807, 2.05) is 0 Å². The Morgan fingerprint density at radius 3 is 2.50 bits per heavy atom. The molecule has 1 aliphatic rings. The van der Waals surface area contributed by atoms with E-state index in [4.69, 9.17) is 20.5 Å². The fourth-order valence-corrected chi connectivity index (χ4v) is 1.95. The largest absolute Gasteiger partial charge is 0.354 e. The third-order valence-corrected chi connectivity index (χ3v) is 3.20. The van der Waals surface area contributed by atoms with Gasteiger partial charge >= 0.3 is 0 Å². The average Bonchev–Trinajstić information content (AvgIpc) is 2.21. The summed E-state index contributed by atoms with van der Waals surface area (Å²) < 4.78 is 10.7. The summed E-state index contributed by atoms with van der Waals surface area (Å²) in [7, 11) is 1.56. The topological polar surface area (TPSA) is 68.3 Å². The molecule has 0 amide bonds. The molecule has 1 aliphatic heterocycles. The highest BCUT2D eigenvalue weighted by atomic mass is 16.7. The quantitative estimate of drug-likeness (QED) is 0.710. The third kappa shape index (κ3) is 1.90. The lowest BCUT2D eigenvalue weighted by atomic mass is 9.78. The van der Waals surface area contributed by atoms with Gasteiger partial charge in [-0.3, -0.25) is 0 Å². The summed E-state index contributed by atoms with van der Waals surface area (Å²) in [6.45, 7) is 4.59.